The number of aromatic nitrogens is 1. The lowest BCUT2D eigenvalue weighted by Gasteiger charge is -2.41. The third-order valence-corrected chi connectivity index (χ3v) is 4.54. The molecule has 1 aromatic heterocycles. The van der Waals surface area contributed by atoms with Crippen LogP contribution in [0.4, 0.5) is 0 Å². The van der Waals surface area contributed by atoms with Crippen molar-refractivity contribution in [1.29, 1.82) is 0 Å². The van der Waals surface area contributed by atoms with E-state index in [0.29, 0.717) is 0 Å². The number of hydrogen-bond donors (Lipinski definition) is 0. The summed E-state index contributed by atoms with van der Waals surface area (Å²) in [5.41, 5.74) is 0.747. The number of amides is 1. The van der Waals surface area contributed by atoms with Crippen LogP contribution >= 0.6 is 15.9 Å². The number of rotatable bonds is 1. The number of carbonyl (C=O) groups is 1. The normalized spacial score (nSPS) is 27.1. The Morgan fingerprint density at radius 2 is 2.06 bits per heavy atom. The van der Waals surface area contributed by atoms with E-state index in [1.807, 2.05) is 11.0 Å². The molecule has 2 heterocycles. The average molecular weight is 309 g/mol. The summed E-state index contributed by atoms with van der Waals surface area (Å²) >= 11 is 3.32. The van der Waals surface area contributed by atoms with Gasteiger partial charge in [0, 0.05) is 24.8 Å². The maximum atomic E-state index is 12.5. The smallest absolute Gasteiger partial charge is 0.254 e. The molecular weight excluding hydrogens is 292 g/mol. The van der Waals surface area contributed by atoms with E-state index in [1.165, 1.54) is 25.7 Å². The van der Waals surface area contributed by atoms with Crippen LogP contribution in [-0.4, -0.2) is 28.9 Å². The van der Waals surface area contributed by atoms with Gasteiger partial charge in [-0.2, -0.15) is 0 Å². The molecule has 96 valence electrons. The van der Waals surface area contributed by atoms with Gasteiger partial charge >= 0.3 is 0 Å². The molecule has 0 N–H and O–H groups in total. The van der Waals surface area contributed by atoms with E-state index in [0.717, 1.165) is 35.1 Å². The molecule has 1 aromatic rings. The van der Waals surface area contributed by atoms with Gasteiger partial charge < -0.3 is 4.90 Å². The molecule has 3 rings (SSSR count). The minimum Gasteiger partial charge on any atom is -0.338 e. The predicted molar refractivity (Wildman–Crippen MR) is 73.3 cm³/mol. The van der Waals surface area contributed by atoms with Gasteiger partial charge in [-0.25, -0.2) is 4.98 Å². The SMILES string of the molecule is O=C(c1ccnc(Br)c1)N1CC2CCCC(C2)C1. The fourth-order valence-electron chi connectivity index (χ4n) is 3.32. The maximum absolute atomic E-state index is 12.5. The highest BCUT2D eigenvalue weighted by Crippen LogP contribution is 2.34. The van der Waals surface area contributed by atoms with Gasteiger partial charge in [0.2, 0.25) is 0 Å². The van der Waals surface area contributed by atoms with Crippen molar-refractivity contribution in [3.8, 4) is 0 Å². The molecule has 1 amide bonds. The third kappa shape index (κ3) is 2.44. The number of fused-ring (bicyclic) bond motifs is 2. The summed E-state index contributed by atoms with van der Waals surface area (Å²) in [7, 11) is 0. The Morgan fingerprint density at radius 1 is 1.33 bits per heavy atom. The van der Waals surface area contributed by atoms with Crippen LogP contribution in [0.1, 0.15) is 36.0 Å². The van der Waals surface area contributed by atoms with Gasteiger partial charge in [0.05, 0.1) is 0 Å². The largest absolute Gasteiger partial charge is 0.338 e. The van der Waals surface area contributed by atoms with Crippen molar-refractivity contribution < 1.29 is 4.79 Å². The Morgan fingerprint density at radius 3 is 2.72 bits per heavy atom. The van der Waals surface area contributed by atoms with E-state index in [-0.39, 0.29) is 5.91 Å². The molecule has 0 spiro atoms. The Balaban J connectivity index is 1.76. The van der Waals surface area contributed by atoms with Crippen LogP contribution in [0, 0.1) is 11.8 Å². The molecule has 3 nitrogen and oxygen atoms in total. The zero-order valence-corrected chi connectivity index (χ0v) is 11.9. The van der Waals surface area contributed by atoms with Gasteiger partial charge in [0.15, 0.2) is 0 Å². The van der Waals surface area contributed by atoms with Crippen LogP contribution in [0.3, 0.4) is 0 Å². The summed E-state index contributed by atoms with van der Waals surface area (Å²) < 4.78 is 0.727. The molecule has 2 atom stereocenters. The molecule has 2 unspecified atom stereocenters. The first kappa shape index (κ1) is 12.2. The summed E-state index contributed by atoms with van der Waals surface area (Å²) in [4.78, 5) is 18.6. The molecule has 0 aromatic carbocycles. The van der Waals surface area contributed by atoms with Crippen molar-refractivity contribution in [2.75, 3.05) is 13.1 Å². The van der Waals surface area contributed by atoms with Crippen molar-refractivity contribution >= 4 is 21.8 Å². The van der Waals surface area contributed by atoms with Gasteiger partial charge in [-0.15, -0.1) is 0 Å². The van der Waals surface area contributed by atoms with Crippen LogP contribution in [0.25, 0.3) is 0 Å². The van der Waals surface area contributed by atoms with Crippen LogP contribution < -0.4 is 0 Å². The van der Waals surface area contributed by atoms with Crippen LogP contribution in [-0.2, 0) is 0 Å². The van der Waals surface area contributed by atoms with Crippen molar-refractivity contribution in [2.45, 2.75) is 25.7 Å². The molecule has 4 heteroatoms. The Bertz CT molecular complexity index is 451. The number of piperidine rings is 1. The minimum atomic E-state index is 0.162. The van der Waals surface area contributed by atoms with Crippen molar-refractivity contribution in [1.82, 2.24) is 9.88 Å². The van der Waals surface area contributed by atoms with E-state index in [1.54, 1.807) is 12.3 Å². The van der Waals surface area contributed by atoms with E-state index >= 15 is 0 Å². The van der Waals surface area contributed by atoms with Gasteiger partial charge in [-0.3, -0.25) is 4.79 Å². The molecule has 0 radical (unpaired) electrons. The molecule has 1 saturated carbocycles. The Labute approximate surface area is 116 Å². The van der Waals surface area contributed by atoms with E-state index < -0.39 is 0 Å². The van der Waals surface area contributed by atoms with Gasteiger partial charge in [0.1, 0.15) is 4.60 Å². The lowest BCUT2D eigenvalue weighted by atomic mass is 9.78. The number of likely N-dealkylation sites (tertiary alicyclic amines) is 1. The summed E-state index contributed by atoms with van der Waals surface area (Å²) in [5.74, 6) is 1.62. The topological polar surface area (TPSA) is 33.2 Å². The maximum Gasteiger partial charge on any atom is 0.254 e. The molecule has 1 aliphatic heterocycles. The molecule has 2 fully saturated rings. The summed E-state index contributed by atoms with van der Waals surface area (Å²) in [6.45, 7) is 1.88. The highest BCUT2D eigenvalue weighted by Gasteiger charge is 2.32. The van der Waals surface area contributed by atoms with Crippen LogP contribution in [0.5, 0.6) is 0 Å². The second-order valence-corrected chi connectivity index (χ2v) is 6.29. The molecule has 18 heavy (non-hydrogen) atoms. The number of pyridine rings is 1. The first-order valence-corrected chi connectivity index (χ1v) is 7.42. The third-order valence-electron chi connectivity index (χ3n) is 4.11. The monoisotopic (exact) mass is 308 g/mol. The fraction of sp³-hybridized carbons (Fsp3) is 0.571. The van der Waals surface area contributed by atoms with Crippen molar-refractivity contribution in [3.05, 3.63) is 28.5 Å². The summed E-state index contributed by atoms with van der Waals surface area (Å²) in [6, 6.07) is 3.62. The minimum absolute atomic E-state index is 0.162. The zero-order chi connectivity index (χ0) is 12.5. The first-order valence-electron chi connectivity index (χ1n) is 6.63. The highest BCUT2D eigenvalue weighted by atomic mass is 79.9. The number of hydrogen-bond acceptors (Lipinski definition) is 2. The molecule has 2 bridgehead atoms. The predicted octanol–water partition coefficient (Wildman–Crippen LogP) is 3.11. The second-order valence-electron chi connectivity index (χ2n) is 5.48. The van der Waals surface area contributed by atoms with Crippen molar-refractivity contribution in [2.24, 2.45) is 11.8 Å². The number of carbonyl (C=O) groups excluding carboxylic acids is 1. The van der Waals surface area contributed by atoms with E-state index in [9.17, 15) is 4.79 Å². The standard InChI is InChI=1S/C14H17BrN2O/c15-13-7-12(4-5-16-13)14(18)17-8-10-2-1-3-11(6-10)9-17/h4-5,7,10-11H,1-3,6,8-9H2. The first-order chi connectivity index (χ1) is 8.72. The van der Waals surface area contributed by atoms with Crippen molar-refractivity contribution in [3.63, 3.8) is 0 Å². The number of nitrogens with zero attached hydrogens (tertiary/aromatic N) is 2. The van der Waals surface area contributed by atoms with Gasteiger partial charge in [-0.05, 0) is 59.2 Å². The van der Waals surface area contributed by atoms with Crippen LogP contribution in [0.2, 0.25) is 0 Å². The molecule has 1 saturated heterocycles. The number of halogens is 1. The lowest BCUT2D eigenvalue weighted by molar-refractivity contribution is 0.0504. The second kappa shape index (κ2) is 5.00. The summed E-state index contributed by atoms with van der Waals surface area (Å²) in [6.07, 6.45) is 6.94. The molecule has 1 aliphatic carbocycles. The Kier molecular flexibility index (Phi) is 3.37. The average Bonchev–Trinajstić information content (AvgIpc) is 2.37. The van der Waals surface area contributed by atoms with Gasteiger partial charge in [0.25, 0.3) is 5.91 Å². The quantitative estimate of drug-likeness (QED) is 0.747. The van der Waals surface area contributed by atoms with Gasteiger partial charge in [-0.1, -0.05) is 6.42 Å². The summed E-state index contributed by atoms with van der Waals surface area (Å²) in [5, 5.41) is 0. The van der Waals surface area contributed by atoms with Crippen LogP contribution in [0.15, 0.2) is 22.9 Å². The van der Waals surface area contributed by atoms with E-state index in [4.69, 9.17) is 0 Å². The zero-order valence-electron chi connectivity index (χ0n) is 10.3. The molecule has 2 aliphatic rings. The fourth-order valence-corrected chi connectivity index (χ4v) is 3.68. The van der Waals surface area contributed by atoms with E-state index in [2.05, 4.69) is 20.9 Å². The lowest BCUT2D eigenvalue weighted by Crippen LogP contribution is -2.45. The molecular formula is C14H17BrN2O. The highest BCUT2D eigenvalue weighted by molar-refractivity contribution is 9.10. The Hall–Kier alpha value is -0.900.